The van der Waals surface area contributed by atoms with E-state index < -0.39 is 36.3 Å². The second-order valence-corrected chi connectivity index (χ2v) is 2.60. The first kappa shape index (κ1) is 12.9. The normalized spacial score (nSPS) is 11.5. The molecule has 1 unspecified atom stereocenters. The van der Waals surface area contributed by atoms with Gasteiger partial charge in [0.1, 0.15) is 6.04 Å². The summed E-state index contributed by atoms with van der Waals surface area (Å²) in [6.07, 6.45) is -0.847. The Bertz CT molecular complexity index is 298. The van der Waals surface area contributed by atoms with Crippen molar-refractivity contribution in [3.63, 3.8) is 0 Å². The SMILES string of the molecule is O=C(O)CCC(NC(=O)C(=O)O)C(=O)O. The molecule has 0 saturated carbocycles. The predicted molar refractivity (Wildman–Crippen MR) is 44.1 cm³/mol. The van der Waals surface area contributed by atoms with Gasteiger partial charge in [-0.15, -0.1) is 0 Å². The standard InChI is InChI=1S/C7H9NO7/c9-4(10)2-1-3(6(12)13)8-5(11)7(14)15/h3H,1-2H2,(H,8,11)(H,9,10)(H,12,13)(H,14,15). The molecular formula is C7H9NO7. The van der Waals surface area contributed by atoms with Crippen molar-refractivity contribution in [1.82, 2.24) is 5.32 Å². The predicted octanol–water partition coefficient (Wildman–Crippen LogP) is -1.49. The van der Waals surface area contributed by atoms with E-state index in [0.29, 0.717) is 0 Å². The molecule has 8 heteroatoms. The van der Waals surface area contributed by atoms with E-state index in [2.05, 4.69) is 0 Å². The fraction of sp³-hybridized carbons (Fsp3) is 0.429. The Kier molecular flexibility index (Phi) is 4.79. The Morgan fingerprint density at radius 3 is 1.93 bits per heavy atom. The molecule has 1 amide bonds. The third-order valence-electron chi connectivity index (χ3n) is 1.44. The molecule has 0 radical (unpaired) electrons. The second kappa shape index (κ2) is 5.58. The van der Waals surface area contributed by atoms with Crippen LogP contribution in [0.5, 0.6) is 0 Å². The van der Waals surface area contributed by atoms with Crippen molar-refractivity contribution in [2.75, 3.05) is 0 Å². The van der Waals surface area contributed by atoms with Crippen LogP contribution in [0.3, 0.4) is 0 Å². The zero-order valence-electron chi connectivity index (χ0n) is 7.47. The lowest BCUT2D eigenvalue weighted by Crippen LogP contribution is -2.44. The van der Waals surface area contributed by atoms with Crippen molar-refractivity contribution in [1.29, 1.82) is 0 Å². The van der Waals surface area contributed by atoms with Gasteiger partial charge < -0.3 is 20.6 Å². The summed E-state index contributed by atoms with van der Waals surface area (Å²) in [5, 5.41) is 26.6. The van der Waals surface area contributed by atoms with E-state index in [1.165, 1.54) is 0 Å². The van der Waals surface area contributed by atoms with Crippen molar-refractivity contribution in [2.24, 2.45) is 0 Å². The van der Waals surface area contributed by atoms with Crippen LogP contribution in [0.25, 0.3) is 0 Å². The highest BCUT2D eigenvalue weighted by Crippen LogP contribution is 1.97. The van der Waals surface area contributed by atoms with Crippen LogP contribution in [-0.4, -0.2) is 45.2 Å². The molecule has 0 aromatic heterocycles. The number of carboxylic acids is 3. The number of carbonyl (C=O) groups excluding carboxylic acids is 1. The maximum atomic E-state index is 10.6. The molecule has 15 heavy (non-hydrogen) atoms. The lowest BCUT2D eigenvalue weighted by atomic mass is 10.1. The summed E-state index contributed by atoms with van der Waals surface area (Å²) < 4.78 is 0. The molecule has 0 rings (SSSR count). The fourth-order valence-corrected chi connectivity index (χ4v) is 0.745. The van der Waals surface area contributed by atoms with Crippen molar-refractivity contribution < 1.29 is 34.5 Å². The van der Waals surface area contributed by atoms with Crippen LogP contribution in [-0.2, 0) is 19.2 Å². The van der Waals surface area contributed by atoms with Crippen molar-refractivity contribution in [3.05, 3.63) is 0 Å². The van der Waals surface area contributed by atoms with Crippen LogP contribution < -0.4 is 5.32 Å². The lowest BCUT2D eigenvalue weighted by molar-refractivity contribution is -0.152. The van der Waals surface area contributed by atoms with Gasteiger partial charge in [-0.05, 0) is 6.42 Å². The first-order valence-electron chi connectivity index (χ1n) is 3.83. The van der Waals surface area contributed by atoms with Crippen LogP contribution in [0.1, 0.15) is 12.8 Å². The topological polar surface area (TPSA) is 141 Å². The Hall–Kier alpha value is -2.12. The minimum Gasteiger partial charge on any atom is -0.481 e. The Balaban J connectivity index is 4.28. The summed E-state index contributed by atoms with van der Waals surface area (Å²) in [6, 6.07) is -1.51. The Labute approximate surface area is 83.5 Å². The van der Waals surface area contributed by atoms with Gasteiger partial charge in [0.05, 0.1) is 0 Å². The van der Waals surface area contributed by atoms with Gasteiger partial charge in [0.25, 0.3) is 0 Å². The monoisotopic (exact) mass is 219 g/mol. The molecule has 0 bridgehead atoms. The molecule has 0 spiro atoms. The van der Waals surface area contributed by atoms with Crippen LogP contribution in [0, 0.1) is 0 Å². The van der Waals surface area contributed by atoms with Crippen LogP contribution >= 0.6 is 0 Å². The molecular weight excluding hydrogens is 210 g/mol. The van der Waals surface area contributed by atoms with E-state index in [1.807, 2.05) is 0 Å². The number of aliphatic carboxylic acids is 3. The molecule has 0 aromatic carbocycles. The maximum Gasteiger partial charge on any atom is 0.394 e. The van der Waals surface area contributed by atoms with Gasteiger partial charge in [-0.3, -0.25) is 9.59 Å². The van der Waals surface area contributed by atoms with Crippen LogP contribution in [0.15, 0.2) is 0 Å². The molecule has 4 N–H and O–H groups in total. The highest BCUT2D eigenvalue weighted by atomic mass is 16.4. The lowest BCUT2D eigenvalue weighted by Gasteiger charge is -2.11. The molecule has 0 heterocycles. The highest BCUT2D eigenvalue weighted by Gasteiger charge is 2.23. The summed E-state index contributed by atoms with van der Waals surface area (Å²) in [5.41, 5.74) is 0. The molecule has 8 nitrogen and oxygen atoms in total. The summed E-state index contributed by atoms with van der Waals surface area (Å²) in [7, 11) is 0. The van der Waals surface area contributed by atoms with Gasteiger partial charge in [0.2, 0.25) is 0 Å². The summed E-state index contributed by atoms with van der Waals surface area (Å²) in [4.78, 5) is 41.2. The van der Waals surface area contributed by atoms with Gasteiger partial charge in [0, 0.05) is 6.42 Å². The maximum absolute atomic E-state index is 10.6. The van der Waals surface area contributed by atoms with Gasteiger partial charge in [-0.25, -0.2) is 9.59 Å². The minimum atomic E-state index is -1.82. The fourth-order valence-electron chi connectivity index (χ4n) is 0.745. The molecule has 0 saturated heterocycles. The largest absolute Gasteiger partial charge is 0.481 e. The van der Waals surface area contributed by atoms with Gasteiger partial charge in [-0.1, -0.05) is 0 Å². The minimum absolute atomic E-state index is 0.371. The summed E-state index contributed by atoms with van der Waals surface area (Å²) >= 11 is 0. The molecule has 0 fully saturated rings. The Morgan fingerprint density at radius 1 is 1.07 bits per heavy atom. The van der Waals surface area contributed by atoms with Crippen LogP contribution in [0.2, 0.25) is 0 Å². The molecule has 0 aliphatic heterocycles. The third kappa shape index (κ3) is 5.24. The molecule has 0 aromatic rings. The second-order valence-electron chi connectivity index (χ2n) is 2.60. The van der Waals surface area contributed by atoms with E-state index in [1.54, 1.807) is 5.32 Å². The number of hydrogen-bond donors (Lipinski definition) is 4. The zero-order chi connectivity index (χ0) is 12.0. The van der Waals surface area contributed by atoms with E-state index in [9.17, 15) is 19.2 Å². The summed E-state index contributed by atoms with van der Waals surface area (Å²) in [6.45, 7) is 0. The number of nitrogens with one attached hydrogen (secondary N) is 1. The number of carbonyl (C=O) groups is 4. The van der Waals surface area contributed by atoms with Crippen molar-refractivity contribution >= 4 is 23.8 Å². The number of rotatable bonds is 5. The average molecular weight is 219 g/mol. The molecule has 0 aliphatic rings. The van der Waals surface area contributed by atoms with Crippen LogP contribution in [0.4, 0.5) is 0 Å². The quantitative estimate of drug-likeness (QED) is 0.412. The highest BCUT2D eigenvalue weighted by molar-refractivity contribution is 6.31. The number of amides is 1. The van der Waals surface area contributed by atoms with Gasteiger partial charge >= 0.3 is 23.8 Å². The molecule has 1 atom stereocenters. The number of carboxylic acid groups (broad SMARTS) is 3. The Morgan fingerprint density at radius 2 is 1.60 bits per heavy atom. The van der Waals surface area contributed by atoms with Crippen molar-refractivity contribution in [2.45, 2.75) is 18.9 Å². The molecule has 0 aliphatic carbocycles. The van der Waals surface area contributed by atoms with E-state index >= 15 is 0 Å². The van der Waals surface area contributed by atoms with E-state index in [0.717, 1.165) is 0 Å². The van der Waals surface area contributed by atoms with Gasteiger partial charge in [0.15, 0.2) is 0 Å². The third-order valence-corrected chi connectivity index (χ3v) is 1.44. The average Bonchev–Trinajstić information content (AvgIpc) is 2.10. The summed E-state index contributed by atoms with van der Waals surface area (Å²) in [5.74, 6) is -6.01. The van der Waals surface area contributed by atoms with E-state index in [4.69, 9.17) is 15.3 Å². The molecule has 84 valence electrons. The van der Waals surface area contributed by atoms with E-state index in [-0.39, 0.29) is 6.42 Å². The van der Waals surface area contributed by atoms with Gasteiger partial charge in [-0.2, -0.15) is 0 Å². The number of hydrogen-bond acceptors (Lipinski definition) is 4. The zero-order valence-corrected chi connectivity index (χ0v) is 7.47. The first-order valence-corrected chi connectivity index (χ1v) is 3.83. The first-order chi connectivity index (χ1) is 6.84. The smallest absolute Gasteiger partial charge is 0.394 e. The van der Waals surface area contributed by atoms with Crippen molar-refractivity contribution in [3.8, 4) is 0 Å².